The number of thioether (sulfide) groups is 1. The molecule has 0 spiro atoms. The first-order valence-corrected chi connectivity index (χ1v) is 14.1. The minimum atomic E-state index is -0.851. The Morgan fingerprint density at radius 1 is 1.17 bits per heavy atom. The lowest BCUT2D eigenvalue weighted by molar-refractivity contribution is -0.141. The molecule has 0 radical (unpaired) electrons. The van der Waals surface area contributed by atoms with Crippen LogP contribution < -0.4 is 10.6 Å². The molecule has 0 fully saturated rings. The van der Waals surface area contributed by atoms with Crippen molar-refractivity contribution in [2.45, 2.75) is 84.9 Å². The predicted octanol–water partition coefficient (Wildman–Crippen LogP) is 5.31. The summed E-state index contributed by atoms with van der Waals surface area (Å²) in [5, 5.41) is 5.78. The summed E-state index contributed by atoms with van der Waals surface area (Å²) in [6.45, 7) is 15.9. The van der Waals surface area contributed by atoms with Crippen molar-refractivity contribution in [1.29, 1.82) is 0 Å². The van der Waals surface area contributed by atoms with Crippen molar-refractivity contribution in [3.8, 4) is 0 Å². The summed E-state index contributed by atoms with van der Waals surface area (Å²) in [5.74, 6) is 0.0801. The molecular formula is C28H45N3O4S. The number of hydrogen-bond acceptors (Lipinski definition) is 5. The maximum atomic E-state index is 14.0. The molecule has 3 amide bonds. The molecule has 0 bridgehead atoms. The molecule has 2 atom stereocenters. The fourth-order valence-corrected chi connectivity index (χ4v) is 4.45. The van der Waals surface area contributed by atoms with Gasteiger partial charge < -0.3 is 20.3 Å². The predicted molar refractivity (Wildman–Crippen MR) is 149 cm³/mol. The Labute approximate surface area is 221 Å². The van der Waals surface area contributed by atoms with Crippen LogP contribution in [0.3, 0.4) is 0 Å². The number of hydrogen-bond donors (Lipinski definition) is 2. The van der Waals surface area contributed by atoms with Crippen LogP contribution in [0.1, 0.15) is 76.1 Å². The summed E-state index contributed by atoms with van der Waals surface area (Å²) < 4.78 is 5.42. The molecule has 1 aromatic rings. The van der Waals surface area contributed by atoms with E-state index in [0.717, 1.165) is 36.0 Å². The van der Waals surface area contributed by atoms with E-state index in [0.29, 0.717) is 18.7 Å². The van der Waals surface area contributed by atoms with Crippen molar-refractivity contribution in [1.82, 2.24) is 15.5 Å². The summed E-state index contributed by atoms with van der Waals surface area (Å²) in [4.78, 5) is 41.7. The van der Waals surface area contributed by atoms with E-state index in [-0.39, 0.29) is 18.4 Å². The van der Waals surface area contributed by atoms with E-state index in [4.69, 9.17) is 4.74 Å². The standard InChI is InChI=1S/C28H45N3O4S/c1-9-11-12-17-29-25(32)24(23-20(3)14-13-15-21(23)4)31(18-10-2)26(33)22(16-19-36-8)30-27(34)35-28(5,6)7/h10,13-15,22,24H,2,9,11-12,16-19H2,1,3-8H3,(H,29,32)(H,30,34). The Hall–Kier alpha value is -2.48. The first kappa shape index (κ1) is 31.5. The summed E-state index contributed by atoms with van der Waals surface area (Å²) in [7, 11) is 0. The molecule has 2 N–H and O–H groups in total. The van der Waals surface area contributed by atoms with E-state index >= 15 is 0 Å². The summed E-state index contributed by atoms with van der Waals surface area (Å²) in [5.41, 5.74) is 1.94. The number of aryl methyl sites for hydroxylation is 2. The topological polar surface area (TPSA) is 87.7 Å². The van der Waals surface area contributed by atoms with Crippen molar-refractivity contribution in [2.75, 3.05) is 25.1 Å². The van der Waals surface area contributed by atoms with Crippen LogP contribution in [0.15, 0.2) is 30.9 Å². The first-order chi connectivity index (χ1) is 17.0. The number of alkyl carbamates (subject to hydrolysis) is 1. The Morgan fingerprint density at radius 2 is 1.81 bits per heavy atom. The SMILES string of the molecule is C=CCN(C(=O)C(CCSC)NC(=O)OC(C)(C)C)C(C(=O)NCCCCC)c1c(C)cccc1C. The van der Waals surface area contributed by atoms with Gasteiger partial charge in [0.05, 0.1) is 0 Å². The number of carbonyl (C=O) groups is 3. The Morgan fingerprint density at radius 3 is 2.33 bits per heavy atom. The Balaban J connectivity index is 3.44. The van der Waals surface area contributed by atoms with Crippen LogP contribution >= 0.6 is 11.8 Å². The maximum Gasteiger partial charge on any atom is 0.408 e. The maximum absolute atomic E-state index is 14.0. The zero-order chi connectivity index (χ0) is 27.3. The molecule has 0 saturated heterocycles. The fraction of sp³-hybridized carbons (Fsp3) is 0.607. The van der Waals surface area contributed by atoms with Crippen molar-refractivity contribution in [3.05, 3.63) is 47.5 Å². The van der Waals surface area contributed by atoms with E-state index in [1.807, 2.05) is 38.3 Å². The van der Waals surface area contributed by atoms with Crippen LogP contribution in [0, 0.1) is 13.8 Å². The van der Waals surface area contributed by atoms with Crippen molar-refractivity contribution >= 4 is 29.7 Å². The highest BCUT2D eigenvalue weighted by Gasteiger charge is 2.36. The molecule has 0 heterocycles. The molecule has 202 valence electrons. The number of amides is 3. The van der Waals surface area contributed by atoms with E-state index in [2.05, 4.69) is 24.1 Å². The van der Waals surface area contributed by atoms with Crippen LogP contribution in [0.4, 0.5) is 4.79 Å². The van der Waals surface area contributed by atoms with Crippen LogP contribution in [-0.4, -0.2) is 59.5 Å². The molecule has 8 heteroatoms. The third-order valence-corrected chi connectivity index (χ3v) is 6.31. The third-order valence-electron chi connectivity index (χ3n) is 5.66. The minimum absolute atomic E-state index is 0.158. The van der Waals surface area contributed by atoms with Gasteiger partial charge in [-0.2, -0.15) is 11.8 Å². The summed E-state index contributed by atoms with van der Waals surface area (Å²) in [6.07, 6.45) is 6.23. The molecule has 0 aliphatic rings. The second-order valence-electron chi connectivity index (χ2n) is 9.97. The number of benzene rings is 1. The van der Waals surface area contributed by atoms with Gasteiger partial charge in [-0.3, -0.25) is 9.59 Å². The minimum Gasteiger partial charge on any atom is -0.444 e. The molecule has 0 aliphatic heterocycles. The summed E-state index contributed by atoms with van der Waals surface area (Å²) >= 11 is 1.58. The van der Waals surface area contributed by atoms with Gasteiger partial charge in [-0.25, -0.2) is 4.79 Å². The van der Waals surface area contributed by atoms with E-state index in [9.17, 15) is 14.4 Å². The second kappa shape index (κ2) is 15.6. The van der Waals surface area contributed by atoms with Crippen LogP contribution in [0.5, 0.6) is 0 Å². The van der Waals surface area contributed by atoms with Crippen LogP contribution in [-0.2, 0) is 14.3 Å². The number of nitrogens with one attached hydrogen (secondary N) is 2. The monoisotopic (exact) mass is 519 g/mol. The molecule has 0 aliphatic carbocycles. The average molecular weight is 520 g/mol. The number of unbranched alkanes of at least 4 members (excludes halogenated alkanes) is 2. The quantitative estimate of drug-likeness (QED) is 0.257. The van der Waals surface area contributed by atoms with Gasteiger partial charge in [0, 0.05) is 13.1 Å². The molecular weight excluding hydrogens is 474 g/mol. The van der Waals surface area contributed by atoms with Crippen LogP contribution in [0.2, 0.25) is 0 Å². The molecule has 0 aromatic heterocycles. The van der Waals surface area contributed by atoms with Gasteiger partial charge in [0.25, 0.3) is 0 Å². The fourth-order valence-electron chi connectivity index (χ4n) is 3.98. The van der Waals surface area contributed by atoms with Crippen molar-refractivity contribution in [3.63, 3.8) is 0 Å². The van der Waals surface area contributed by atoms with Crippen molar-refractivity contribution in [2.24, 2.45) is 0 Å². The van der Waals surface area contributed by atoms with Gasteiger partial charge in [0.2, 0.25) is 11.8 Å². The third kappa shape index (κ3) is 10.2. The normalized spacial score (nSPS) is 12.9. The van der Waals surface area contributed by atoms with Crippen LogP contribution in [0.25, 0.3) is 0 Å². The molecule has 0 saturated carbocycles. The molecule has 1 aromatic carbocycles. The zero-order valence-electron chi connectivity index (χ0n) is 23.1. The van der Waals surface area contributed by atoms with E-state index in [1.54, 1.807) is 38.6 Å². The van der Waals surface area contributed by atoms with Gasteiger partial charge in [-0.15, -0.1) is 6.58 Å². The van der Waals surface area contributed by atoms with Gasteiger partial charge in [-0.05, 0) is 76.2 Å². The number of rotatable bonds is 14. The number of ether oxygens (including phenoxy) is 1. The van der Waals surface area contributed by atoms with Gasteiger partial charge in [-0.1, -0.05) is 44.0 Å². The lowest BCUT2D eigenvalue weighted by Crippen LogP contribution is -2.53. The van der Waals surface area contributed by atoms with Gasteiger partial charge in [0.1, 0.15) is 17.7 Å². The van der Waals surface area contributed by atoms with E-state index in [1.165, 1.54) is 4.90 Å². The average Bonchev–Trinajstić information content (AvgIpc) is 2.79. The largest absolute Gasteiger partial charge is 0.444 e. The highest BCUT2D eigenvalue weighted by Crippen LogP contribution is 2.29. The van der Waals surface area contributed by atoms with Gasteiger partial charge in [0.15, 0.2) is 0 Å². The molecule has 7 nitrogen and oxygen atoms in total. The zero-order valence-corrected chi connectivity index (χ0v) is 23.9. The molecule has 2 unspecified atom stereocenters. The molecule has 1 rings (SSSR count). The lowest BCUT2D eigenvalue weighted by atomic mass is 9.93. The first-order valence-electron chi connectivity index (χ1n) is 12.7. The lowest BCUT2D eigenvalue weighted by Gasteiger charge is -2.35. The Bertz CT molecular complexity index is 862. The second-order valence-corrected chi connectivity index (χ2v) is 11.0. The highest BCUT2D eigenvalue weighted by molar-refractivity contribution is 7.98. The summed E-state index contributed by atoms with van der Waals surface area (Å²) in [6, 6.07) is 4.14. The molecule has 36 heavy (non-hydrogen) atoms. The Kier molecular flexibility index (Phi) is 13.7. The smallest absolute Gasteiger partial charge is 0.408 e. The number of nitrogens with zero attached hydrogens (tertiary/aromatic N) is 1. The highest BCUT2D eigenvalue weighted by atomic mass is 32.2. The number of carbonyl (C=O) groups excluding carboxylic acids is 3. The van der Waals surface area contributed by atoms with E-state index < -0.39 is 23.8 Å². The van der Waals surface area contributed by atoms with Crippen molar-refractivity contribution < 1.29 is 19.1 Å². The van der Waals surface area contributed by atoms with Gasteiger partial charge >= 0.3 is 6.09 Å².